The highest BCUT2D eigenvalue weighted by Gasteiger charge is 2.11. The van der Waals surface area contributed by atoms with Crippen molar-refractivity contribution in [1.29, 1.82) is 0 Å². The van der Waals surface area contributed by atoms with Crippen LogP contribution < -0.4 is 0 Å². The fourth-order valence-electron chi connectivity index (χ4n) is 0.907. The number of hydrogen-bond donors (Lipinski definition) is 0. The van der Waals surface area contributed by atoms with Gasteiger partial charge in [0.1, 0.15) is 7.22 Å². The third-order valence-electron chi connectivity index (χ3n) is 1.53. The van der Waals surface area contributed by atoms with Crippen LogP contribution in [0.2, 0.25) is 19.6 Å². The lowest BCUT2D eigenvalue weighted by atomic mass is 10.2. The van der Waals surface area contributed by atoms with Crippen molar-refractivity contribution in [3.8, 4) is 0 Å². The Kier molecular flexibility index (Phi) is 6.44. The Labute approximate surface area is 76.8 Å². The van der Waals surface area contributed by atoms with Gasteiger partial charge in [-0.25, -0.2) is 0 Å². The van der Waals surface area contributed by atoms with Crippen LogP contribution in [0, 0.1) is 0 Å². The summed E-state index contributed by atoms with van der Waals surface area (Å²) in [6.45, 7) is 9.55. The van der Waals surface area contributed by atoms with Crippen LogP contribution in [0.4, 0.5) is 0 Å². The minimum absolute atomic E-state index is 0.801. The molecule has 0 aliphatic carbocycles. The van der Waals surface area contributed by atoms with Gasteiger partial charge in [-0.1, -0.05) is 45.8 Å². The molecule has 0 aromatic rings. The van der Waals surface area contributed by atoms with Crippen LogP contribution in [0.15, 0.2) is 0 Å². The highest BCUT2D eigenvalue weighted by Crippen LogP contribution is 2.20. The zero-order valence-electron chi connectivity index (χ0n) is 8.44. The Hall–Kier alpha value is 0.567. The van der Waals surface area contributed by atoms with Gasteiger partial charge in [0.2, 0.25) is 0 Å². The maximum atomic E-state index is 2.43. The molecule has 0 saturated heterocycles. The molecule has 2 heteroatoms. The van der Waals surface area contributed by atoms with Gasteiger partial charge in [0.15, 0.2) is 0 Å². The summed E-state index contributed by atoms with van der Waals surface area (Å²) in [7, 11) is -0.801. The summed E-state index contributed by atoms with van der Waals surface area (Å²) in [4.78, 5) is 0. The lowest BCUT2D eigenvalue weighted by molar-refractivity contribution is 0.707. The van der Waals surface area contributed by atoms with E-state index in [0.717, 1.165) is 0 Å². The summed E-state index contributed by atoms with van der Waals surface area (Å²) < 4.78 is 0. The highest BCUT2D eigenvalue weighted by molar-refractivity contribution is 8.28. The van der Waals surface area contributed by atoms with Gasteiger partial charge < -0.3 is 0 Å². The summed E-state index contributed by atoms with van der Waals surface area (Å²) in [6.07, 6.45) is 5.65. The monoisotopic (exact) mass is 190 g/mol. The van der Waals surface area contributed by atoms with Crippen LogP contribution in [0.5, 0.6) is 0 Å². The SMILES string of the molecule is CCCCCCS[Si](C)(C)C. The van der Waals surface area contributed by atoms with E-state index in [-0.39, 0.29) is 0 Å². The van der Waals surface area contributed by atoms with Crippen molar-refractivity contribution in [3.05, 3.63) is 0 Å². The molecule has 0 bridgehead atoms. The van der Waals surface area contributed by atoms with Crippen LogP contribution in [0.25, 0.3) is 0 Å². The quantitative estimate of drug-likeness (QED) is 0.448. The van der Waals surface area contributed by atoms with E-state index < -0.39 is 7.22 Å². The van der Waals surface area contributed by atoms with Crippen molar-refractivity contribution in [3.63, 3.8) is 0 Å². The molecule has 0 aliphatic rings. The molecule has 11 heavy (non-hydrogen) atoms. The predicted octanol–water partition coefficient (Wildman–Crippen LogP) is 4.13. The van der Waals surface area contributed by atoms with Gasteiger partial charge in [-0.2, -0.15) is 11.2 Å². The summed E-state index contributed by atoms with van der Waals surface area (Å²) in [5.74, 6) is 1.40. The van der Waals surface area contributed by atoms with E-state index in [4.69, 9.17) is 0 Å². The Bertz CT molecular complexity index is 86.1. The molecule has 68 valence electrons. The van der Waals surface area contributed by atoms with Gasteiger partial charge in [-0.3, -0.25) is 0 Å². The molecule has 0 N–H and O–H groups in total. The molecule has 0 aromatic heterocycles. The zero-order valence-corrected chi connectivity index (χ0v) is 10.3. The summed E-state index contributed by atoms with van der Waals surface area (Å²) in [5.41, 5.74) is 0. The van der Waals surface area contributed by atoms with E-state index in [1.807, 2.05) is 0 Å². The molecular weight excluding hydrogens is 168 g/mol. The molecule has 0 rings (SSSR count). The van der Waals surface area contributed by atoms with E-state index in [9.17, 15) is 0 Å². The van der Waals surface area contributed by atoms with Crippen LogP contribution in [0.1, 0.15) is 32.6 Å². The van der Waals surface area contributed by atoms with E-state index in [0.29, 0.717) is 0 Å². The molecule has 0 aliphatic heterocycles. The van der Waals surface area contributed by atoms with Crippen LogP contribution in [-0.2, 0) is 0 Å². The average molecular weight is 190 g/mol. The van der Waals surface area contributed by atoms with Crippen molar-refractivity contribution in [2.45, 2.75) is 52.2 Å². The summed E-state index contributed by atoms with van der Waals surface area (Å²) in [6, 6.07) is 0. The molecule has 0 unspecified atom stereocenters. The highest BCUT2D eigenvalue weighted by atomic mass is 32.4. The third-order valence-corrected chi connectivity index (χ3v) is 6.10. The lowest BCUT2D eigenvalue weighted by Crippen LogP contribution is -2.14. The molecule has 0 heterocycles. The zero-order chi connectivity index (χ0) is 8.74. The van der Waals surface area contributed by atoms with E-state index in [1.165, 1.54) is 31.4 Å². The first kappa shape index (κ1) is 11.6. The van der Waals surface area contributed by atoms with Gasteiger partial charge in [0.05, 0.1) is 0 Å². The van der Waals surface area contributed by atoms with Crippen LogP contribution in [0.3, 0.4) is 0 Å². The smallest absolute Gasteiger partial charge is 0.108 e. The molecule has 0 saturated carbocycles. The summed E-state index contributed by atoms with van der Waals surface area (Å²) >= 11 is 2.22. The molecule has 0 amide bonds. The van der Waals surface area contributed by atoms with Gasteiger partial charge in [0.25, 0.3) is 0 Å². The topological polar surface area (TPSA) is 0 Å². The average Bonchev–Trinajstić information content (AvgIpc) is 1.85. The number of hydrogen-bond acceptors (Lipinski definition) is 1. The van der Waals surface area contributed by atoms with Crippen molar-refractivity contribution in [2.24, 2.45) is 0 Å². The molecule has 0 fully saturated rings. The lowest BCUT2D eigenvalue weighted by Gasteiger charge is -2.14. The Balaban J connectivity index is 3.02. The molecule has 0 radical (unpaired) electrons. The first-order valence-electron chi connectivity index (χ1n) is 4.70. The second-order valence-corrected chi connectivity index (χ2v) is 13.5. The summed E-state index contributed by atoms with van der Waals surface area (Å²) in [5, 5.41) is 0. The normalized spacial score (nSPS) is 12.0. The van der Waals surface area contributed by atoms with Gasteiger partial charge >= 0.3 is 0 Å². The standard InChI is InChI=1S/C9H22SSi/c1-5-6-7-8-9-10-11(2,3)4/h5-9H2,1-4H3. The van der Waals surface area contributed by atoms with E-state index in [1.54, 1.807) is 0 Å². The first-order valence-corrected chi connectivity index (χ1v) is 9.91. The van der Waals surface area contributed by atoms with Crippen LogP contribution in [-0.4, -0.2) is 13.0 Å². The second kappa shape index (κ2) is 6.12. The minimum Gasteiger partial charge on any atom is -0.186 e. The van der Waals surface area contributed by atoms with Gasteiger partial charge in [-0.05, 0) is 12.2 Å². The predicted molar refractivity (Wildman–Crippen MR) is 59.9 cm³/mol. The second-order valence-electron chi connectivity index (χ2n) is 4.02. The Morgan fingerprint density at radius 2 is 1.64 bits per heavy atom. The first-order chi connectivity index (χ1) is 5.06. The van der Waals surface area contributed by atoms with Crippen molar-refractivity contribution < 1.29 is 0 Å². The van der Waals surface area contributed by atoms with E-state index in [2.05, 4.69) is 37.8 Å². The Morgan fingerprint density at radius 3 is 2.09 bits per heavy atom. The number of rotatable bonds is 6. The van der Waals surface area contributed by atoms with Crippen LogP contribution >= 0.6 is 11.2 Å². The van der Waals surface area contributed by atoms with Crippen molar-refractivity contribution in [1.82, 2.24) is 0 Å². The molecular formula is C9H22SSi. The fraction of sp³-hybridized carbons (Fsp3) is 1.00. The largest absolute Gasteiger partial charge is 0.186 e. The minimum atomic E-state index is -0.801. The van der Waals surface area contributed by atoms with Crippen molar-refractivity contribution >= 4 is 18.4 Å². The molecule has 0 nitrogen and oxygen atoms in total. The molecule has 0 aromatic carbocycles. The van der Waals surface area contributed by atoms with Gasteiger partial charge in [0, 0.05) is 0 Å². The number of unbranched alkanes of at least 4 members (excludes halogenated alkanes) is 3. The molecule has 0 atom stereocenters. The van der Waals surface area contributed by atoms with Gasteiger partial charge in [-0.15, -0.1) is 0 Å². The maximum Gasteiger partial charge on any atom is 0.108 e. The Morgan fingerprint density at radius 1 is 1.00 bits per heavy atom. The fourth-order valence-corrected chi connectivity index (χ4v) is 4.14. The molecule has 0 spiro atoms. The maximum absolute atomic E-state index is 2.43. The third kappa shape index (κ3) is 10.6. The van der Waals surface area contributed by atoms with Crippen molar-refractivity contribution in [2.75, 3.05) is 5.75 Å². The van der Waals surface area contributed by atoms with E-state index >= 15 is 0 Å².